The predicted molar refractivity (Wildman–Crippen MR) is 52.9 cm³/mol. The van der Waals surface area contributed by atoms with E-state index in [4.69, 9.17) is 15.6 Å². The van der Waals surface area contributed by atoms with E-state index < -0.39 is 12.1 Å². The highest BCUT2D eigenvalue weighted by Crippen LogP contribution is 2.31. The maximum atomic E-state index is 10.5. The molecular formula is C10H19NO3. The van der Waals surface area contributed by atoms with Gasteiger partial charge < -0.3 is 15.6 Å². The molecule has 0 saturated heterocycles. The highest BCUT2D eigenvalue weighted by molar-refractivity contribution is 5.71. The number of carboxylic acid groups (broad SMARTS) is 1. The first-order chi connectivity index (χ1) is 6.65. The van der Waals surface area contributed by atoms with E-state index in [0.29, 0.717) is 25.0 Å². The zero-order chi connectivity index (χ0) is 10.6. The number of aliphatic carboxylic acids is 1. The van der Waals surface area contributed by atoms with Crippen molar-refractivity contribution < 1.29 is 14.6 Å². The summed E-state index contributed by atoms with van der Waals surface area (Å²) in [7, 11) is 0. The molecule has 0 aromatic rings. The Balaban J connectivity index is 2.26. The SMILES string of the molecule is CC(OCC1CCCC1CN)C(=O)O. The minimum atomic E-state index is -0.896. The van der Waals surface area contributed by atoms with Crippen LogP contribution in [0.15, 0.2) is 0 Å². The fraction of sp³-hybridized carbons (Fsp3) is 0.900. The van der Waals surface area contributed by atoms with E-state index in [1.807, 2.05) is 0 Å². The van der Waals surface area contributed by atoms with Crippen LogP contribution in [0.1, 0.15) is 26.2 Å². The van der Waals surface area contributed by atoms with Crippen molar-refractivity contribution in [2.45, 2.75) is 32.3 Å². The van der Waals surface area contributed by atoms with Crippen LogP contribution in [0, 0.1) is 11.8 Å². The van der Waals surface area contributed by atoms with Gasteiger partial charge in [0.05, 0.1) is 6.61 Å². The van der Waals surface area contributed by atoms with Crippen molar-refractivity contribution in [2.24, 2.45) is 17.6 Å². The molecule has 0 amide bonds. The Morgan fingerprint density at radius 1 is 1.57 bits per heavy atom. The molecule has 1 saturated carbocycles. The number of hydrogen-bond acceptors (Lipinski definition) is 3. The van der Waals surface area contributed by atoms with Crippen molar-refractivity contribution >= 4 is 5.97 Å². The second-order valence-electron chi connectivity index (χ2n) is 4.00. The van der Waals surface area contributed by atoms with Crippen LogP contribution in [0.4, 0.5) is 0 Å². The molecule has 0 heterocycles. The van der Waals surface area contributed by atoms with E-state index in [-0.39, 0.29) is 0 Å². The molecular weight excluding hydrogens is 182 g/mol. The molecule has 0 bridgehead atoms. The molecule has 4 nitrogen and oxygen atoms in total. The number of carbonyl (C=O) groups is 1. The second-order valence-corrected chi connectivity index (χ2v) is 4.00. The molecule has 0 aromatic carbocycles. The Kier molecular flexibility index (Phi) is 4.35. The third kappa shape index (κ3) is 2.96. The Labute approximate surface area is 84.4 Å². The molecule has 0 aromatic heterocycles. The highest BCUT2D eigenvalue weighted by atomic mass is 16.5. The average Bonchev–Trinajstić information content (AvgIpc) is 2.60. The molecule has 1 aliphatic rings. The lowest BCUT2D eigenvalue weighted by atomic mass is 9.97. The van der Waals surface area contributed by atoms with Gasteiger partial charge in [0.1, 0.15) is 0 Å². The van der Waals surface area contributed by atoms with Crippen molar-refractivity contribution in [3.05, 3.63) is 0 Å². The predicted octanol–water partition coefficient (Wildman–Crippen LogP) is 0.851. The van der Waals surface area contributed by atoms with Crippen LogP contribution in [0.3, 0.4) is 0 Å². The summed E-state index contributed by atoms with van der Waals surface area (Å²) in [5.41, 5.74) is 5.62. The van der Waals surface area contributed by atoms with Gasteiger partial charge in [-0.15, -0.1) is 0 Å². The number of hydrogen-bond donors (Lipinski definition) is 2. The molecule has 14 heavy (non-hydrogen) atoms. The maximum Gasteiger partial charge on any atom is 0.332 e. The Morgan fingerprint density at radius 2 is 2.21 bits per heavy atom. The molecule has 3 atom stereocenters. The summed E-state index contributed by atoms with van der Waals surface area (Å²) in [5.74, 6) is 0.0880. The van der Waals surface area contributed by atoms with Crippen LogP contribution in [0.25, 0.3) is 0 Å². The molecule has 0 aliphatic heterocycles. The van der Waals surface area contributed by atoms with Gasteiger partial charge in [0.15, 0.2) is 6.10 Å². The maximum absolute atomic E-state index is 10.5. The number of carboxylic acids is 1. The summed E-state index contributed by atoms with van der Waals surface area (Å²) in [4.78, 5) is 10.5. The van der Waals surface area contributed by atoms with Crippen LogP contribution in [0.2, 0.25) is 0 Å². The van der Waals surface area contributed by atoms with Gasteiger partial charge in [-0.2, -0.15) is 0 Å². The topological polar surface area (TPSA) is 72.5 Å². The van der Waals surface area contributed by atoms with Gasteiger partial charge in [0.25, 0.3) is 0 Å². The first-order valence-corrected chi connectivity index (χ1v) is 5.19. The lowest BCUT2D eigenvalue weighted by molar-refractivity contribution is -0.150. The van der Waals surface area contributed by atoms with Crippen LogP contribution in [-0.2, 0) is 9.53 Å². The molecule has 1 fully saturated rings. The monoisotopic (exact) mass is 201 g/mol. The minimum absolute atomic E-state index is 0.460. The second kappa shape index (κ2) is 5.32. The highest BCUT2D eigenvalue weighted by Gasteiger charge is 2.27. The zero-order valence-corrected chi connectivity index (χ0v) is 8.61. The van der Waals surface area contributed by atoms with E-state index in [9.17, 15) is 4.79 Å². The first-order valence-electron chi connectivity index (χ1n) is 5.19. The van der Waals surface area contributed by atoms with E-state index >= 15 is 0 Å². The van der Waals surface area contributed by atoms with Crippen molar-refractivity contribution in [1.29, 1.82) is 0 Å². The average molecular weight is 201 g/mol. The summed E-state index contributed by atoms with van der Waals surface area (Å²) in [6, 6.07) is 0. The van der Waals surface area contributed by atoms with Crippen molar-refractivity contribution in [3.63, 3.8) is 0 Å². The lowest BCUT2D eigenvalue weighted by Crippen LogP contribution is -2.27. The third-order valence-corrected chi connectivity index (χ3v) is 3.03. The van der Waals surface area contributed by atoms with Gasteiger partial charge in [-0.1, -0.05) is 6.42 Å². The lowest BCUT2D eigenvalue weighted by Gasteiger charge is -2.19. The Morgan fingerprint density at radius 3 is 2.79 bits per heavy atom. The van der Waals surface area contributed by atoms with E-state index in [2.05, 4.69) is 0 Å². The Hall–Kier alpha value is -0.610. The normalized spacial score (nSPS) is 29.0. The van der Waals surface area contributed by atoms with Gasteiger partial charge in [-0.25, -0.2) is 4.79 Å². The van der Waals surface area contributed by atoms with Crippen LogP contribution in [-0.4, -0.2) is 30.3 Å². The molecule has 3 unspecified atom stereocenters. The van der Waals surface area contributed by atoms with Crippen molar-refractivity contribution in [1.82, 2.24) is 0 Å². The number of ether oxygens (including phenoxy) is 1. The smallest absolute Gasteiger partial charge is 0.332 e. The van der Waals surface area contributed by atoms with Crippen LogP contribution in [0.5, 0.6) is 0 Å². The quantitative estimate of drug-likeness (QED) is 0.691. The van der Waals surface area contributed by atoms with Gasteiger partial charge >= 0.3 is 5.97 Å². The zero-order valence-electron chi connectivity index (χ0n) is 8.61. The summed E-state index contributed by atoms with van der Waals surface area (Å²) >= 11 is 0. The van der Waals surface area contributed by atoms with Gasteiger partial charge in [-0.3, -0.25) is 0 Å². The molecule has 1 rings (SSSR count). The van der Waals surface area contributed by atoms with E-state index in [1.54, 1.807) is 6.92 Å². The molecule has 82 valence electrons. The van der Waals surface area contributed by atoms with Crippen LogP contribution >= 0.6 is 0 Å². The molecule has 3 N–H and O–H groups in total. The minimum Gasteiger partial charge on any atom is -0.479 e. The fourth-order valence-electron chi connectivity index (χ4n) is 1.98. The Bertz CT molecular complexity index is 196. The molecule has 1 aliphatic carbocycles. The molecule has 0 spiro atoms. The van der Waals surface area contributed by atoms with Crippen molar-refractivity contribution in [3.8, 4) is 0 Å². The van der Waals surface area contributed by atoms with Crippen LogP contribution < -0.4 is 5.73 Å². The van der Waals surface area contributed by atoms with E-state index in [1.165, 1.54) is 6.42 Å². The third-order valence-electron chi connectivity index (χ3n) is 3.03. The number of nitrogens with two attached hydrogens (primary N) is 1. The van der Waals surface area contributed by atoms with Gasteiger partial charge in [-0.05, 0) is 38.1 Å². The van der Waals surface area contributed by atoms with Gasteiger partial charge in [0, 0.05) is 0 Å². The van der Waals surface area contributed by atoms with Gasteiger partial charge in [0.2, 0.25) is 0 Å². The largest absolute Gasteiger partial charge is 0.479 e. The fourth-order valence-corrected chi connectivity index (χ4v) is 1.98. The first kappa shape index (κ1) is 11.5. The van der Waals surface area contributed by atoms with E-state index in [0.717, 1.165) is 12.8 Å². The summed E-state index contributed by atoms with van der Waals surface area (Å²) in [5, 5.41) is 8.63. The number of rotatable bonds is 5. The molecule has 4 heteroatoms. The standard InChI is InChI=1S/C10H19NO3/c1-7(10(12)13)14-6-9-4-2-3-8(9)5-11/h7-9H,2-6,11H2,1H3,(H,12,13). The summed E-state index contributed by atoms with van der Waals surface area (Å²) in [6.45, 7) is 2.79. The van der Waals surface area contributed by atoms with Crippen molar-refractivity contribution in [2.75, 3.05) is 13.2 Å². The summed E-state index contributed by atoms with van der Waals surface area (Å²) < 4.78 is 5.26. The molecule has 0 radical (unpaired) electrons. The summed E-state index contributed by atoms with van der Waals surface area (Å²) in [6.07, 6.45) is 2.77.